The molecule has 0 spiro atoms. The van der Waals surface area contributed by atoms with Gasteiger partial charge in [-0.15, -0.1) is 0 Å². The average molecular weight is 419 g/mol. The molecule has 3 N–H and O–H groups in total. The number of rotatable bonds is 4. The summed E-state index contributed by atoms with van der Waals surface area (Å²) in [6.45, 7) is 9.27. The molecule has 2 unspecified atom stereocenters. The summed E-state index contributed by atoms with van der Waals surface area (Å²) < 4.78 is 0. The zero-order chi connectivity index (χ0) is 22.5. The van der Waals surface area contributed by atoms with Gasteiger partial charge in [-0.05, 0) is 53.5 Å². The highest BCUT2D eigenvalue weighted by molar-refractivity contribution is 6.14. The van der Waals surface area contributed by atoms with Crippen LogP contribution >= 0.6 is 0 Å². The van der Waals surface area contributed by atoms with Crippen molar-refractivity contribution < 1.29 is 9.59 Å². The third kappa shape index (κ3) is 3.60. The van der Waals surface area contributed by atoms with Crippen LogP contribution in [0.3, 0.4) is 0 Å². The summed E-state index contributed by atoms with van der Waals surface area (Å²) in [7, 11) is 1.90. The molecule has 0 radical (unpaired) electrons. The number of carbonyl (C=O) groups is 2. The van der Waals surface area contributed by atoms with Gasteiger partial charge in [0.05, 0.1) is 11.1 Å². The van der Waals surface area contributed by atoms with Crippen molar-refractivity contribution in [1.82, 2.24) is 5.01 Å². The predicted octanol–water partition coefficient (Wildman–Crippen LogP) is 4.23. The molecular formula is C25H30N4O2. The summed E-state index contributed by atoms with van der Waals surface area (Å²) in [4.78, 5) is 25.8. The fourth-order valence-corrected chi connectivity index (χ4v) is 5.38. The second-order valence-electron chi connectivity index (χ2n) is 9.48. The smallest absolute Gasteiger partial charge is 0.256 e. The highest BCUT2D eigenvalue weighted by atomic mass is 16.2. The van der Waals surface area contributed by atoms with Crippen molar-refractivity contribution >= 4 is 23.2 Å². The van der Waals surface area contributed by atoms with E-state index in [1.54, 1.807) is 12.1 Å². The van der Waals surface area contributed by atoms with Gasteiger partial charge in [0.15, 0.2) is 0 Å². The summed E-state index contributed by atoms with van der Waals surface area (Å²) >= 11 is 0. The Labute approximate surface area is 183 Å². The molecule has 2 aromatic rings. The molecule has 4 rings (SSSR count). The van der Waals surface area contributed by atoms with Crippen LogP contribution < -0.4 is 11.1 Å². The molecule has 2 aromatic carbocycles. The van der Waals surface area contributed by atoms with Crippen molar-refractivity contribution in [2.45, 2.75) is 51.4 Å². The Kier molecular flexibility index (Phi) is 5.12. The van der Waals surface area contributed by atoms with Crippen molar-refractivity contribution in [2.24, 2.45) is 10.8 Å². The Morgan fingerprint density at radius 2 is 1.90 bits per heavy atom. The van der Waals surface area contributed by atoms with Crippen molar-refractivity contribution in [3.05, 3.63) is 64.2 Å². The molecule has 162 valence electrons. The monoisotopic (exact) mass is 418 g/mol. The van der Waals surface area contributed by atoms with E-state index in [9.17, 15) is 9.59 Å². The second-order valence-corrected chi connectivity index (χ2v) is 9.48. The van der Waals surface area contributed by atoms with Crippen LogP contribution in [0.15, 0.2) is 41.5 Å². The maximum absolute atomic E-state index is 13.6. The van der Waals surface area contributed by atoms with E-state index in [1.807, 2.05) is 37.2 Å². The van der Waals surface area contributed by atoms with E-state index >= 15 is 0 Å². The molecule has 0 saturated heterocycles. The van der Waals surface area contributed by atoms with E-state index < -0.39 is 5.91 Å². The lowest BCUT2D eigenvalue weighted by Gasteiger charge is -2.21. The van der Waals surface area contributed by atoms with Gasteiger partial charge in [0.1, 0.15) is 0 Å². The van der Waals surface area contributed by atoms with E-state index in [4.69, 9.17) is 5.73 Å². The molecule has 1 aliphatic carbocycles. The SMILES string of the molecule is CC1=NN(C)CC1c1cccc(C(N)=O)c1C(=O)Nc1cccc2c1C(C)CC2(C)C. The predicted molar refractivity (Wildman–Crippen MR) is 124 cm³/mol. The van der Waals surface area contributed by atoms with E-state index in [2.05, 4.69) is 37.3 Å². The van der Waals surface area contributed by atoms with Gasteiger partial charge < -0.3 is 11.1 Å². The van der Waals surface area contributed by atoms with Gasteiger partial charge in [0, 0.05) is 30.9 Å². The largest absolute Gasteiger partial charge is 0.366 e. The van der Waals surface area contributed by atoms with Crippen LogP contribution in [0.25, 0.3) is 0 Å². The maximum atomic E-state index is 13.6. The minimum absolute atomic E-state index is 0.0633. The minimum Gasteiger partial charge on any atom is -0.366 e. The molecule has 2 aliphatic rings. The van der Waals surface area contributed by atoms with Crippen molar-refractivity contribution in [2.75, 3.05) is 18.9 Å². The first-order valence-corrected chi connectivity index (χ1v) is 10.7. The summed E-state index contributed by atoms with van der Waals surface area (Å²) in [6.07, 6.45) is 1.03. The number of primary amides is 1. The average Bonchev–Trinajstić information content (AvgIpc) is 3.16. The number of amides is 2. The lowest BCUT2D eigenvalue weighted by Crippen LogP contribution is -2.25. The highest BCUT2D eigenvalue weighted by Gasteiger charge is 2.37. The minimum atomic E-state index is -0.610. The number of likely N-dealkylation sites (N-methyl/N-ethyl adjacent to an activating group) is 1. The third-order valence-electron chi connectivity index (χ3n) is 6.64. The van der Waals surface area contributed by atoms with Gasteiger partial charge >= 0.3 is 0 Å². The summed E-state index contributed by atoms with van der Waals surface area (Å²) in [5.74, 6) is -0.646. The maximum Gasteiger partial charge on any atom is 0.256 e. The molecule has 6 nitrogen and oxygen atoms in total. The molecule has 6 heteroatoms. The topological polar surface area (TPSA) is 87.8 Å². The lowest BCUT2D eigenvalue weighted by atomic mass is 9.86. The normalized spacial score (nSPS) is 21.6. The van der Waals surface area contributed by atoms with Gasteiger partial charge in [0.25, 0.3) is 5.91 Å². The number of nitrogens with zero attached hydrogens (tertiary/aromatic N) is 2. The molecule has 2 atom stereocenters. The number of hydrogen-bond donors (Lipinski definition) is 2. The van der Waals surface area contributed by atoms with Crippen molar-refractivity contribution in [1.29, 1.82) is 0 Å². The van der Waals surface area contributed by atoms with Gasteiger partial charge in [-0.3, -0.25) is 14.6 Å². The van der Waals surface area contributed by atoms with Crippen LogP contribution in [0.5, 0.6) is 0 Å². The van der Waals surface area contributed by atoms with Crippen LogP contribution in [0.1, 0.15) is 83.4 Å². The number of carbonyl (C=O) groups excluding carboxylic acids is 2. The number of hydrazone groups is 1. The second kappa shape index (κ2) is 7.52. The molecule has 0 aromatic heterocycles. The number of anilines is 1. The Hall–Kier alpha value is -3.15. The summed E-state index contributed by atoms with van der Waals surface area (Å²) in [5.41, 5.74) is 11.2. The standard InChI is InChI=1S/C25H30N4O2/c1-14-12-25(3,4)19-10-7-11-20(21(14)19)27-24(31)22-16(8-6-9-17(22)23(26)30)18-13-29(5)28-15(18)2/h6-11,14,18H,12-13H2,1-5H3,(H2,26,30)(H,27,31). The Morgan fingerprint density at radius 3 is 2.55 bits per heavy atom. The van der Waals surface area contributed by atoms with Crippen molar-refractivity contribution in [3.63, 3.8) is 0 Å². The first-order chi connectivity index (χ1) is 14.6. The molecule has 0 fully saturated rings. The van der Waals surface area contributed by atoms with E-state index in [-0.39, 0.29) is 22.8 Å². The van der Waals surface area contributed by atoms with Gasteiger partial charge in [-0.25, -0.2) is 0 Å². The number of hydrogen-bond acceptors (Lipinski definition) is 4. The van der Waals surface area contributed by atoms with Gasteiger partial charge in [0.2, 0.25) is 5.91 Å². The van der Waals surface area contributed by atoms with Crippen LogP contribution in [-0.4, -0.2) is 36.1 Å². The molecular weight excluding hydrogens is 388 g/mol. The highest BCUT2D eigenvalue weighted by Crippen LogP contribution is 2.48. The van der Waals surface area contributed by atoms with Crippen LogP contribution in [0, 0.1) is 0 Å². The molecule has 0 bridgehead atoms. The van der Waals surface area contributed by atoms with Crippen LogP contribution in [0.2, 0.25) is 0 Å². The summed E-state index contributed by atoms with van der Waals surface area (Å²) in [5, 5.41) is 9.45. The van der Waals surface area contributed by atoms with Crippen LogP contribution in [0.4, 0.5) is 5.69 Å². The van der Waals surface area contributed by atoms with Crippen LogP contribution in [-0.2, 0) is 5.41 Å². The first kappa shape index (κ1) is 21.1. The number of nitrogens with two attached hydrogens (primary N) is 1. The van der Waals surface area contributed by atoms with E-state index in [1.165, 1.54) is 11.1 Å². The lowest BCUT2D eigenvalue weighted by molar-refractivity contribution is 0.0976. The molecule has 31 heavy (non-hydrogen) atoms. The molecule has 1 aliphatic heterocycles. The Morgan fingerprint density at radius 1 is 1.19 bits per heavy atom. The van der Waals surface area contributed by atoms with Gasteiger partial charge in [-0.1, -0.05) is 45.0 Å². The van der Waals surface area contributed by atoms with Crippen molar-refractivity contribution in [3.8, 4) is 0 Å². The Bertz CT molecular complexity index is 1100. The number of benzene rings is 2. The summed E-state index contributed by atoms with van der Waals surface area (Å²) in [6, 6.07) is 11.4. The third-order valence-corrected chi connectivity index (χ3v) is 6.64. The quantitative estimate of drug-likeness (QED) is 0.779. The Balaban J connectivity index is 1.78. The molecule has 0 saturated carbocycles. The first-order valence-electron chi connectivity index (χ1n) is 10.7. The fraction of sp³-hybridized carbons (Fsp3) is 0.400. The van der Waals surface area contributed by atoms with E-state index in [0.29, 0.717) is 18.0 Å². The number of nitrogens with one attached hydrogen (secondary N) is 1. The zero-order valence-corrected chi connectivity index (χ0v) is 18.8. The van der Waals surface area contributed by atoms with E-state index in [0.717, 1.165) is 23.4 Å². The molecule has 1 heterocycles. The fourth-order valence-electron chi connectivity index (χ4n) is 5.38. The van der Waals surface area contributed by atoms with Gasteiger partial charge in [-0.2, -0.15) is 5.10 Å². The number of fused-ring (bicyclic) bond motifs is 1. The zero-order valence-electron chi connectivity index (χ0n) is 18.8. The molecule has 2 amide bonds.